The Morgan fingerprint density at radius 1 is 0.452 bits per heavy atom. The summed E-state index contributed by atoms with van der Waals surface area (Å²) in [4.78, 5) is 0. The second-order valence-electron chi connectivity index (χ2n) is 11.0. The van der Waals surface area contributed by atoms with Gasteiger partial charge in [0.05, 0.1) is 19.8 Å². The summed E-state index contributed by atoms with van der Waals surface area (Å²) in [5.74, 6) is 0. The van der Waals surface area contributed by atoms with E-state index in [1.165, 1.54) is 0 Å². The normalized spacial score (nSPS) is 44.8. The van der Waals surface area contributed by atoms with Crippen LogP contribution in [0.5, 0.6) is 0 Å². The van der Waals surface area contributed by atoms with E-state index in [-0.39, 0.29) is 6.61 Å². The van der Waals surface area contributed by atoms with Gasteiger partial charge in [-0.15, -0.1) is 0 Å². The second-order valence-corrected chi connectivity index (χ2v) is 11.0. The first-order valence-corrected chi connectivity index (χ1v) is 14.6. The van der Waals surface area contributed by atoms with E-state index in [9.17, 15) is 51.1 Å². The van der Waals surface area contributed by atoms with Gasteiger partial charge in [0.1, 0.15) is 73.2 Å². The zero-order chi connectivity index (χ0) is 31.0. The standard InChI is InChI=1S/C26H48O16/c1-2-3-4-5-6-7-8-37-24-21(34)19(32)16(29)13(41-24)10-39-26-23(36)20(33)17(30)14(42-26)11-38-25-22(35)18(31)15(28)12(9-27)40-25/h12-36H,2-11H2,1H3/t12-,13-,14-,15-,16-,17-,18+,19+,20+,21+,22+,23+,24+,25+,26+/m1/s1. The molecule has 248 valence electrons. The fourth-order valence-corrected chi connectivity index (χ4v) is 5.05. The van der Waals surface area contributed by atoms with Gasteiger partial charge < -0.3 is 79.5 Å². The minimum atomic E-state index is -1.77. The lowest BCUT2D eigenvalue weighted by molar-refractivity contribution is -0.342. The Hall–Kier alpha value is -0.640. The van der Waals surface area contributed by atoms with Crippen LogP contribution in [0, 0.1) is 0 Å². The highest BCUT2D eigenvalue weighted by Crippen LogP contribution is 2.28. The fourth-order valence-electron chi connectivity index (χ4n) is 5.05. The van der Waals surface area contributed by atoms with E-state index >= 15 is 0 Å². The zero-order valence-electron chi connectivity index (χ0n) is 23.7. The molecule has 0 spiro atoms. The molecular formula is C26H48O16. The molecule has 0 aromatic rings. The lowest BCUT2D eigenvalue weighted by atomic mass is 9.98. The minimum absolute atomic E-state index is 0.259. The molecule has 3 saturated heterocycles. The van der Waals surface area contributed by atoms with Crippen LogP contribution in [0.2, 0.25) is 0 Å². The summed E-state index contributed by atoms with van der Waals surface area (Å²) in [5, 5.41) is 101. The van der Waals surface area contributed by atoms with Crippen LogP contribution in [0.15, 0.2) is 0 Å². The van der Waals surface area contributed by atoms with Crippen LogP contribution >= 0.6 is 0 Å². The zero-order valence-corrected chi connectivity index (χ0v) is 23.7. The molecule has 3 aliphatic rings. The molecule has 0 aromatic heterocycles. The Kier molecular flexibility index (Phi) is 14.6. The quantitative estimate of drug-likeness (QED) is 0.0783. The van der Waals surface area contributed by atoms with Crippen molar-refractivity contribution in [3.05, 3.63) is 0 Å². The molecule has 16 nitrogen and oxygen atoms in total. The Labute approximate surface area is 243 Å². The van der Waals surface area contributed by atoms with Gasteiger partial charge in [-0.05, 0) is 6.42 Å². The summed E-state index contributed by atoms with van der Waals surface area (Å²) in [6, 6.07) is 0. The monoisotopic (exact) mass is 616 g/mol. The summed E-state index contributed by atoms with van der Waals surface area (Å²) in [7, 11) is 0. The van der Waals surface area contributed by atoms with Gasteiger partial charge in [0, 0.05) is 6.61 Å². The highest BCUT2D eigenvalue weighted by molar-refractivity contribution is 4.93. The Morgan fingerprint density at radius 2 is 0.833 bits per heavy atom. The first kappa shape index (κ1) is 35.8. The number of aliphatic hydroxyl groups excluding tert-OH is 10. The third-order valence-corrected chi connectivity index (χ3v) is 7.81. The van der Waals surface area contributed by atoms with Crippen molar-refractivity contribution in [1.29, 1.82) is 0 Å². The molecule has 10 N–H and O–H groups in total. The topological polar surface area (TPSA) is 258 Å². The first-order valence-electron chi connectivity index (χ1n) is 14.6. The van der Waals surface area contributed by atoms with Crippen molar-refractivity contribution in [2.24, 2.45) is 0 Å². The predicted molar refractivity (Wildman–Crippen MR) is 138 cm³/mol. The van der Waals surface area contributed by atoms with Gasteiger partial charge in [-0.25, -0.2) is 0 Å². The van der Waals surface area contributed by atoms with Crippen LogP contribution in [0.4, 0.5) is 0 Å². The molecule has 3 heterocycles. The molecule has 3 aliphatic heterocycles. The average Bonchev–Trinajstić information content (AvgIpc) is 2.98. The van der Waals surface area contributed by atoms with Crippen molar-refractivity contribution >= 4 is 0 Å². The number of ether oxygens (including phenoxy) is 6. The molecule has 0 aromatic carbocycles. The SMILES string of the molecule is CCCCCCCCO[C@H]1O[C@H](CO[C@H]2O[C@H](CO[C@H]3O[C@H](CO)[C@@H](O)[C@H](O)[C@@H]3O)[C@@H](O)[C@H](O)[C@@H]2O)[C@@H](O)[C@H](O)[C@@H]1O. The third-order valence-electron chi connectivity index (χ3n) is 7.81. The van der Waals surface area contributed by atoms with Gasteiger partial charge in [0.2, 0.25) is 0 Å². The first-order chi connectivity index (χ1) is 20.0. The molecule has 0 amide bonds. The van der Waals surface area contributed by atoms with Crippen molar-refractivity contribution in [3.63, 3.8) is 0 Å². The van der Waals surface area contributed by atoms with E-state index in [4.69, 9.17) is 28.4 Å². The van der Waals surface area contributed by atoms with Crippen LogP contribution in [0.1, 0.15) is 45.4 Å². The number of unbranched alkanes of at least 4 members (excludes halogenated alkanes) is 5. The van der Waals surface area contributed by atoms with E-state index in [0.29, 0.717) is 6.42 Å². The van der Waals surface area contributed by atoms with Gasteiger partial charge in [0.15, 0.2) is 18.9 Å². The lowest BCUT2D eigenvalue weighted by Crippen LogP contribution is -2.62. The van der Waals surface area contributed by atoms with Crippen molar-refractivity contribution < 1.29 is 79.5 Å². The van der Waals surface area contributed by atoms with Crippen LogP contribution in [0.3, 0.4) is 0 Å². The van der Waals surface area contributed by atoms with Gasteiger partial charge >= 0.3 is 0 Å². The van der Waals surface area contributed by atoms with E-state index in [1.54, 1.807) is 0 Å². The maximum atomic E-state index is 10.4. The van der Waals surface area contributed by atoms with Crippen LogP contribution in [0.25, 0.3) is 0 Å². The predicted octanol–water partition coefficient (Wildman–Crippen LogP) is -4.19. The molecule has 3 fully saturated rings. The molecule has 0 aliphatic carbocycles. The molecule has 42 heavy (non-hydrogen) atoms. The maximum Gasteiger partial charge on any atom is 0.186 e. The summed E-state index contributed by atoms with van der Waals surface area (Å²) in [5.41, 5.74) is 0. The molecule has 16 heteroatoms. The molecule has 15 atom stereocenters. The van der Waals surface area contributed by atoms with Crippen LogP contribution in [-0.4, -0.2) is 170 Å². The van der Waals surface area contributed by atoms with E-state index in [0.717, 1.165) is 32.1 Å². The summed E-state index contributed by atoms with van der Waals surface area (Å²) < 4.78 is 32.9. The minimum Gasteiger partial charge on any atom is -0.394 e. The number of rotatable bonds is 15. The highest BCUT2D eigenvalue weighted by Gasteiger charge is 2.49. The smallest absolute Gasteiger partial charge is 0.186 e. The number of hydrogen-bond acceptors (Lipinski definition) is 16. The molecule has 0 bridgehead atoms. The van der Waals surface area contributed by atoms with E-state index in [2.05, 4.69) is 6.92 Å². The molecule has 3 rings (SSSR count). The molecule has 0 saturated carbocycles. The summed E-state index contributed by atoms with van der Waals surface area (Å²) >= 11 is 0. The number of aliphatic hydroxyl groups is 10. The molecule has 0 unspecified atom stereocenters. The summed E-state index contributed by atoms with van der Waals surface area (Å²) in [6.07, 6.45) is -17.0. The Balaban J connectivity index is 1.52. The second kappa shape index (κ2) is 17.2. The number of hydrogen-bond donors (Lipinski definition) is 10. The van der Waals surface area contributed by atoms with Gasteiger partial charge in [-0.3, -0.25) is 0 Å². The average molecular weight is 617 g/mol. The van der Waals surface area contributed by atoms with Gasteiger partial charge in [0.25, 0.3) is 0 Å². The lowest BCUT2D eigenvalue weighted by Gasteiger charge is -2.43. The van der Waals surface area contributed by atoms with Crippen molar-refractivity contribution in [2.75, 3.05) is 26.4 Å². The summed E-state index contributed by atoms with van der Waals surface area (Å²) in [6.45, 7) is 0.676. The van der Waals surface area contributed by atoms with Crippen molar-refractivity contribution in [1.82, 2.24) is 0 Å². The largest absolute Gasteiger partial charge is 0.394 e. The van der Waals surface area contributed by atoms with E-state index in [1.807, 2.05) is 0 Å². The highest BCUT2D eigenvalue weighted by atomic mass is 16.7. The molecular weight excluding hydrogens is 568 g/mol. The van der Waals surface area contributed by atoms with Crippen LogP contribution < -0.4 is 0 Å². The van der Waals surface area contributed by atoms with Gasteiger partial charge in [-0.1, -0.05) is 39.0 Å². The Bertz CT molecular complexity index is 762. The fraction of sp³-hybridized carbons (Fsp3) is 1.00. The van der Waals surface area contributed by atoms with E-state index < -0.39 is 112 Å². The van der Waals surface area contributed by atoms with Gasteiger partial charge in [-0.2, -0.15) is 0 Å². The maximum absolute atomic E-state index is 10.4. The van der Waals surface area contributed by atoms with Crippen molar-refractivity contribution in [3.8, 4) is 0 Å². The molecule has 0 radical (unpaired) electrons. The van der Waals surface area contributed by atoms with Crippen molar-refractivity contribution in [2.45, 2.75) is 138 Å². The Morgan fingerprint density at radius 3 is 1.29 bits per heavy atom. The van der Waals surface area contributed by atoms with Crippen LogP contribution in [-0.2, 0) is 28.4 Å². The third kappa shape index (κ3) is 8.97.